The Morgan fingerprint density at radius 1 is 1.04 bits per heavy atom. The summed E-state index contributed by atoms with van der Waals surface area (Å²) in [6, 6.07) is 13.7. The van der Waals surface area contributed by atoms with E-state index < -0.39 is 0 Å². The van der Waals surface area contributed by atoms with Gasteiger partial charge in [0, 0.05) is 11.8 Å². The molecule has 0 saturated carbocycles. The van der Waals surface area contributed by atoms with Crippen LogP contribution in [0.25, 0.3) is 0 Å². The molecule has 0 saturated heterocycles. The van der Waals surface area contributed by atoms with Crippen LogP contribution in [0.5, 0.6) is 11.5 Å². The van der Waals surface area contributed by atoms with E-state index in [0.717, 1.165) is 17.7 Å². The number of nitrogens with one attached hydrogen (secondary N) is 1. The molecule has 3 rings (SSSR count). The third kappa shape index (κ3) is 4.03. The first-order valence-electron chi connectivity index (χ1n) is 8.02. The Kier molecular flexibility index (Phi) is 4.81. The number of carbonyl (C=O) groups is 1. The number of anilines is 1. The number of amides is 1. The molecule has 120 valence electrons. The number of hydrogen-bond donors (Lipinski definition) is 1. The summed E-state index contributed by atoms with van der Waals surface area (Å²) in [5.74, 6) is 1.35. The zero-order chi connectivity index (χ0) is 16.1. The van der Waals surface area contributed by atoms with Gasteiger partial charge in [0.2, 0.25) is 12.7 Å². The number of rotatable bonds is 6. The monoisotopic (exact) mass is 311 g/mol. The quantitative estimate of drug-likeness (QED) is 0.879. The van der Waals surface area contributed by atoms with Crippen LogP contribution < -0.4 is 14.8 Å². The molecule has 0 atom stereocenters. The van der Waals surface area contributed by atoms with Crippen LogP contribution in [0.2, 0.25) is 0 Å². The average Bonchev–Trinajstić information content (AvgIpc) is 3.02. The Labute approximate surface area is 136 Å². The molecule has 1 amide bonds. The molecule has 4 heteroatoms. The highest BCUT2D eigenvalue weighted by Gasteiger charge is 2.14. The molecule has 1 aliphatic rings. The minimum atomic E-state index is -0.0369. The van der Waals surface area contributed by atoms with Gasteiger partial charge in [0.25, 0.3) is 0 Å². The summed E-state index contributed by atoms with van der Waals surface area (Å²) in [7, 11) is 0. The molecule has 0 aromatic heterocycles. The first-order valence-corrected chi connectivity index (χ1v) is 8.02. The highest BCUT2D eigenvalue weighted by atomic mass is 16.7. The summed E-state index contributed by atoms with van der Waals surface area (Å²) >= 11 is 0. The molecule has 0 aliphatic carbocycles. The third-order valence-corrected chi connectivity index (χ3v) is 3.86. The summed E-state index contributed by atoms with van der Waals surface area (Å²) in [5, 5.41) is 2.89. The molecule has 23 heavy (non-hydrogen) atoms. The van der Waals surface area contributed by atoms with Crippen LogP contribution in [0, 0.1) is 0 Å². The lowest BCUT2D eigenvalue weighted by atomic mass is 10.0. The Morgan fingerprint density at radius 3 is 2.57 bits per heavy atom. The van der Waals surface area contributed by atoms with E-state index in [9.17, 15) is 4.79 Å². The normalized spacial score (nSPS) is 12.2. The fraction of sp³-hybridized carbons (Fsp3) is 0.316. The van der Waals surface area contributed by atoms with Gasteiger partial charge in [0.1, 0.15) is 0 Å². The van der Waals surface area contributed by atoms with E-state index in [-0.39, 0.29) is 12.7 Å². The molecule has 1 N–H and O–H groups in total. The predicted octanol–water partition coefficient (Wildman–Crippen LogP) is 3.94. The smallest absolute Gasteiger partial charge is 0.231 e. The van der Waals surface area contributed by atoms with Crippen LogP contribution in [0.15, 0.2) is 42.5 Å². The second-order valence-corrected chi connectivity index (χ2v) is 5.71. The second-order valence-electron chi connectivity index (χ2n) is 5.71. The van der Waals surface area contributed by atoms with Crippen LogP contribution >= 0.6 is 0 Å². The molecule has 0 spiro atoms. The van der Waals surface area contributed by atoms with Crippen molar-refractivity contribution in [2.75, 3.05) is 12.1 Å². The van der Waals surface area contributed by atoms with Gasteiger partial charge in [0.15, 0.2) is 11.5 Å². The lowest BCUT2D eigenvalue weighted by Crippen LogP contribution is -2.14. The zero-order valence-corrected chi connectivity index (χ0v) is 13.3. The number of unbranched alkanes of at least 4 members (excludes halogenated alkanes) is 1. The van der Waals surface area contributed by atoms with Crippen molar-refractivity contribution in [2.24, 2.45) is 0 Å². The van der Waals surface area contributed by atoms with E-state index >= 15 is 0 Å². The summed E-state index contributed by atoms with van der Waals surface area (Å²) in [4.78, 5) is 12.2. The van der Waals surface area contributed by atoms with Gasteiger partial charge in [-0.25, -0.2) is 0 Å². The molecular weight excluding hydrogens is 290 g/mol. The third-order valence-electron chi connectivity index (χ3n) is 3.86. The lowest BCUT2D eigenvalue weighted by molar-refractivity contribution is -0.115. The Bertz CT molecular complexity index is 680. The molecular formula is C19H21NO3. The highest BCUT2D eigenvalue weighted by molar-refractivity contribution is 5.92. The number of carbonyl (C=O) groups excluding carboxylic acids is 1. The minimum absolute atomic E-state index is 0.0369. The minimum Gasteiger partial charge on any atom is -0.454 e. The predicted molar refractivity (Wildman–Crippen MR) is 90.0 cm³/mol. The number of aryl methyl sites for hydroxylation is 1. The fourth-order valence-corrected chi connectivity index (χ4v) is 2.57. The SMILES string of the molecule is CCCCc1ccc(CC(=O)Nc2ccc3c(c2)OCO3)cc1. The van der Waals surface area contributed by atoms with Crippen LogP contribution in [0.1, 0.15) is 30.9 Å². The highest BCUT2D eigenvalue weighted by Crippen LogP contribution is 2.34. The molecule has 2 aromatic carbocycles. The van der Waals surface area contributed by atoms with E-state index in [0.29, 0.717) is 17.9 Å². The van der Waals surface area contributed by atoms with Crippen molar-refractivity contribution in [3.05, 3.63) is 53.6 Å². The summed E-state index contributed by atoms with van der Waals surface area (Å²) < 4.78 is 10.6. The van der Waals surface area contributed by atoms with Crippen molar-refractivity contribution in [2.45, 2.75) is 32.6 Å². The number of fused-ring (bicyclic) bond motifs is 1. The number of hydrogen-bond acceptors (Lipinski definition) is 3. The van der Waals surface area contributed by atoms with Gasteiger partial charge in [-0.15, -0.1) is 0 Å². The first-order chi connectivity index (χ1) is 11.2. The van der Waals surface area contributed by atoms with Gasteiger partial charge in [-0.1, -0.05) is 37.6 Å². The van der Waals surface area contributed by atoms with E-state index in [1.54, 1.807) is 12.1 Å². The molecule has 2 aromatic rings. The largest absolute Gasteiger partial charge is 0.454 e. The zero-order valence-electron chi connectivity index (χ0n) is 13.3. The standard InChI is InChI=1S/C19H21NO3/c1-2-3-4-14-5-7-15(8-6-14)11-19(21)20-16-9-10-17-18(12-16)23-13-22-17/h5-10,12H,2-4,11,13H2,1H3,(H,20,21). The van der Waals surface area contributed by atoms with Crippen LogP contribution in [-0.2, 0) is 17.6 Å². The molecule has 1 aliphatic heterocycles. The van der Waals surface area contributed by atoms with Gasteiger partial charge in [-0.05, 0) is 36.1 Å². The topological polar surface area (TPSA) is 47.6 Å². The van der Waals surface area contributed by atoms with Crippen molar-refractivity contribution in [1.82, 2.24) is 0 Å². The van der Waals surface area contributed by atoms with Gasteiger partial charge >= 0.3 is 0 Å². The van der Waals surface area contributed by atoms with Crippen LogP contribution in [0.3, 0.4) is 0 Å². The van der Waals surface area contributed by atoms with Gasteiger partial charge < -0.3 is 14.8 Å². The maximum absolute atomic E-state index is 12.2. The van der Waals surface area contributed by atoms with Crippen LogP contribution in [0.4, 0.5) is 5.69 Å². The molecule has 0 fully saturated rings. The van der Waals surface area contributed by atoms with E-state index in [1.807, 2.05) is 18.2 Å². The van der Waals surface area contributed by atoms with Crippen molar-refractivity contribution in [3.63, 3.8) is 0 Å². The maximum Gasteiger partial charge on any atom is 0.231 e. The fourth-order valence-electron chi connectivity index (χ4n) is 2.57. The summed E-state index contributed by atoms with van der Waals surface area (Å²) in [5.41, 5.74) is 3.06. The van der Waals surface area contributed by atoms with Crippen molar-refractivity contribution in [3.8, 4) is 11.5 Å². The summed E-state index contributed by atoms with van der Waals surface area (Å²) in [6.07, 6.45) is 3.85. The van der Waals surface area contributed by atoms with E-state index in [1.165, 1.54) is 18.4 Å². The van der Waals surface area contributed by atoms with Crippen LogP contribution in [-0.4, -0.2) is 12.7 Å². The van der Waals surface area contributed by atoms with Gasteiger partial charge in [-0.3, -0.25) is 4.79 Å². The van der Waals surface area contributed by atoms with Crippen molar-refractivity contribution < 1.29 is 14.3 Å². The van der Waals surface area contributed by atoms with E-state index in [2.05, 4.69) is 24.4 Å². The van der Waals surface area contributed by atoms with Gasteiger partial charge in [0.05, 0.1) is 6.42 Å². The molecule has 0 unspecified atom stereocenters. The van der Waals surface area contributed by atoms with Crippen molar-refractivity contribution >= 4 is 11.6 Å². The second kappa shape index (κ2) is 7.18. The Balaban J connectivity index is 1.56. The summed E-state index contributed by atoms with van der Waals surface area (Å²) in [6.45, 7) is 2.42. The van der Waals surface area contributed by atoms with Gasteiger partial charge in [-0.2, -0.15) is 0 Å². The molecule has 1 heterocycles. The first kappa shape index (κ1) is 15.4. The number of ether oxygens (including phenoxy) is 2. The molecule has 0 bridgehead atoms. The van der Waals surface area contributed by atoms with E-state index in [4.69, 9.17) is 9.47 Å². The average molecular weight is 311 g/mol. The molecule has 0 radical (unpaired) electrons. The van der Waals surface area contributed by atoms with Crippen molar-refractivity contribution in [1.29, 1.82) is 0 Å². The Morgan fingerprint density at radius 2 is 1.78 bits per heavy atom. The number of benzene rings is 2. The molecule has 4 nitrogen and oxygen atoms in total. The lowest BCUT2D eigenvalue weighted by Gasteiger charge is -2.07. The maximum atomic E-state index is 12.2. The Hall–Kier alpha value is -2.49.